The van der Waals surface area contributed by atoms with Crippen LogP contribution in [0.1, 0.15) is 20.8 Å². The lowest BCUT2D eigenvalue weighted by molar-refractivity contribution is 0.222. The molecule has 0 heterocycles. The molecule has 1 aromatic rings. The first-order valence-corrected chi connectivity index (χ1v) is 8.41. The van der Waals surface area contributed by atoms with Crippen LogP contribution in [0.15, 0.2) is 29.3 Å². The molecule has 1 unspecified atom stereocenters. The minimum atomic E-state index is 0. The number of methoxy groups -OCH3 is 1. The predicted octanol–water partition coefficient (Wildman–Crippen LogP) is 2.59. The molecule has 1 atom stereocenters. The monoisotopic (exact) mass is 464 g/mol. The zero-order valence-corrected chi connectivity index (χ0v) is 18.5. The topological polar surface area (TPSA) is 58.1 Å². The van der Waals surface area contributed by atoms with Crippen LogP contribution in [0, 0.1) is 0 Å². The second-order valence-corrected chi connectivity index (χ2v) is 6.06. The highest BCUT2D eigenvalue weighted by atomic mass is 127. The SMILES string of the molecule is CN=C(NCCN(C)C(C)C)NCC(C)Oc1cccc(OC)c1.I. The van der Waals surface area contributed by atoms with Gasteiger partial charge in [-0.2, -0.15) is 0 Å². The number of ether oxygens (including phenoxy) is 2. The molecular weight excluding hydrogens is 431 g/mol. The van der Waals surface area contributed by atoms with E-state index < -0.39 is 0 Å². The van der Waals surface area contributed by atoms with Gasteiger partial charge in [-0.3, -0.25) is 4.99 Å². The quantitative estimate of drug-likeness (QED) is 0.334. The van der Waals surface area contributed by atoms with Crippen LogP contribution in [0.3, 0.4) is 0 Å². The maximum Gasteiger partial charge on any atom is 0.191 e. The van der Waals surface area contributed by atoms with Gasteiger partial charge in [0.05, 0.1) is 13.7 Å². The van der Waals surface area contributed by atoms with Crippen LogP contribution in [0.4, 0.5) is 0 Å². The lowest BCUT2D eigenvalue weighted by Gasteiger charge is -2.22. The lowest BCUT2D eigenvalue weighted by Crippen LogP contribution is -2.44. The Morgan fingerprint density at radius 3 is 2.48 bits per heavy atom. The fourth-order valence-electron chi connectivity index (χ4n) is 2.02. The van der Waals surface area contributed by atoms with E-state index in [2.05, 4.69) is 41.4 Å². The highest BCUT2D eigenvalue weighted by Crippen LogP contribution is 2.19. The summed E-state index contributed by atoms with van der Waals surface area (Å²) in [5.41, 5.74) is 0. The number of aliphatic imine (C=N–C) groups is 1. The second kappa shape index (κ2) is 13.0. The number of rotatable bonds is 9. The van der Waals surface area contributed by atoms with Gasteiger partial charge in [0.1, 0.15) is 17.6 Å². The first kappa shape index (κ1) is 23.8. The zero-order valence-electron chi connectivity index (χ0n) is 16.2. The molecule has 0 fully saturated rings. The number of hydrogen-bond acceptors (Lipinski definition) is 4. The molecule has 0 aromatic heterocycles. The molecule has 0 aliphatic rings. The van der Waals surface area contributed by atoms with Gasteiger partial charge in [-0.1, -0.05) is 6.07 Å². The normalized spacial score (nSPS) is 12.6. The van der Waals surface area contributed by atoms with E-state index in [0.717, 1.165) is 30.5 Å². The summed E-state index contributed by atoms with van der Waals surface area (Å²) in [5.74, 6) is 2.37. The van der Waals surface area contributed by atoms with Crippen molar-refractivity contribution < 1.29 is 9.47 Å². The van der Waals surface area contributed by atoms with Gasteiger partial charge in [0.2, 0.25) is 0 Å². The Balaban J connectivity index is 0.00000576. The van der Waals surface area contributed by atoms with Gasteiger partial charge in [-0.15, -0.1) is 24.0 Å². The summed E-state index contributed by atoms with van der Waals surface area (Å²) in [6.45, 7) is 8.87. The van der Waals surface area contributed by atoms with Crippen LogP contribution >= 0.6 is 24.0 Å². The molecule has 1 rings (SSSR count). The summed E-state index contributed by atoms with van der Waals surface area (Å²) in [5, 5.41) is 6.60. The van der Waals surface area contributed by atoms with Crippen molar-refractivity contribution in [2.75, 3.05) is 40.8 Å². The molecule has 0 aliphatic heterocycles. The highest BCUT2D eigenvalue weighted by molar-refractivity contribution is 14.0. The van der Waals surface area contributed by atoms with E-state index in [4.69, 9.17) is 9.47 Å². The number of guanidine groups is 1. The van der Waals surface area contributed by atoms with E-state index in [1.807, 2.05) is 31.2 Å². The summed E-state index contributed by atoms with van der Waals surface area (Å²) in [4.78, 5) is 6.52. The third-order valence-electron chi connectivity index (χ3n) is 3.80. The zero-order chi connectivity index (χ0) is 17.9. The standard InChI is InChI=1S/C18H32N4O2.HI/c1-14(2)22(5)11-10-20-18(19-4)21-13-15(3)24-17-9-7-8-16(12-17)23-6;/h7-9,12,14-15H,10-11,13H2,1-6H3,(H2,19,20,21);1H. The van der Waals surface area contributed by atoms with E-state index in [1.165, 1.54) is 0 Å². The molecule has 0 amide bonds. The Labute approximate surface area is 169 Å². The van der Waals surface area contributed by atoms with Crippen LogP contribution in [0.25, 0.3) is 0 Å². The number of halogens is 1. The fourth-order valence-corrected chi connectivity index (χ4v) is 2.02. The predicted molar refractivity (Wildman–Crippen MR) is 116 cm³/mol. The molecule has 0 bridgehead atoms. The third kappa shape index (κ3) is 9.74. The molecule has 25 heavy (non-hydrogen) atoms. The minimum absolute atomic E-state index is 0. The molecule has 0 saturated heterocycles. The fraction of sp³-hybridized carbons (Fsp3) is 0.611. The van der Waals surface area contributed by atoms with Crippen LogP contribution < -0.4 is 20.1 Å². The average molecular weight is 464 g/mol. The Morgan fingerprint density at radius 1 is 1.20 bits per heavy atom. The van der Waals surface area contributed by atoms with Gasteiger partial charge >= 0.3 is 0 Å². The van der Waals surface area contributed by atoms with Gasteiger partial charge in [-0.25, -0.2) is 0 Å². The molecule has 1 aromatic carbocycles. The van der Waals surface area contributed by atoms with E-state index in [9.17, 15) is 0 Å². The Bertz CT molecular complexity index is 512. The van der Waals surface area contributed by atoms with Crippen molar-refractivity contribution in [3.05, 3.63) is 24.3 Å². The van der Waals surface area contributed by atoms with E-state index in [1.54, 1.807) is 14.2 Å². The van der Waals surface area contributed by atoms with Crippen molar-refractivity contribution in [2.24, 2.45) is 4.99 Å². The number of likely N-dealkylation sites (N-methyl/N-ethyl adjacent to an activating group) is 1. The number of benzene rings is 1. The number of nitrogens with zero attached hydrogens (tertiary/aromatic N) is 2. The molecule has 0 saturated carbocycles. The molecule has 7 heteroatoms. The second-order valence-electron chi connectivity index (χ2n) is 6.06. The summed E-state index contributed by atoms with van der Waals surface area (Å²) in [7, 11) is 5.54. The molecule has 2 N–H and O–H groups in total. The first-order valence-electron chi connectivity index (χ1n) is 8.41. The molecule has 0 radical (unpaired) electrons. The Hall–Kier alpha value is -1.22. The lowest BCUT2D eigenvalue weighted by atomic mass is 10.3. The average Bonchev–Trinajstić information content (AvgIpc) is 2.57. The van der Waals surface area contributed by atoms with Crippen molar-refractivity contribution in [2.45, 2.75) is 32.9 Å². The molecule has 0 aliphatic carbocycles. The van der Waals surface area contributed by atoms with Gasteiger partial charge < -0.3 is 25.0 Å². The first-order chi connectivity index (χ1) is 11.5. The molecular formula is C18H33IN4O2. The van der Waals surface area contributed by atoms with Crippen LogP contribution in [0.2, 0.25) is 0 Å². The Morgan fingerprint density at radius 2 is 1.88 bits per heavy atom. The highest BCUT2D eigenvalue weighted by Gasteiger charge is 2.07. The smallest absolute Gasteiger partial charge is 0.191 e. The van der Waals surface area contributed by atoms with Gasteiger partial charge in [-0.05, 0) is 40.0 Å². The van der Waals surface area contributed by atoms with Crippen molar-refractivity contribution >= 4 is 29.9 Å². The maximum atomic E-state index is 5.89. The van der Waals surface area contributed by atoms with E-state index in [0.29, 0.717) is 12.6 Å². The van der Waals surface area contributed by atoms with Crippen molar-refractivity contribution in [3.63, 3.8) is 0 Å². The number of nitrogens with one attached hydrogen (secondary N) is 2. The van der Waals surface area contributed by atoms with Gasteiger partial charge in [0.15, 0.2) is 5.96 Å². The minimum Gasteiger partial charge on any atom is -0.497 e. The summed E-state index contributed by atoms with van der Waals surface area (Å²) >= 11 is 0. The maximum absolute atomic E-state index is 5.89. The van der Waals surface area contributed by atoms with Crippen molar-refractivity contribution in [3.8, 4) is 11.5 Å². The van der Waals surface area contributed by atoms with Crippen molar-refractivity contribution in [1.29, 1.82) is 0 Å². The Kier molecular flexibility index (Phi) is 12.4. The molecule has 144 valence electrons. The third-order valence-corrected chi connectivity index (χ3v) is 3.80. The number of hydrogen-bond donors (Lipinski definition) is 2. The summed E-state index contributed by atoms with van der Waals surface area (Å²) in [6, 6.07) is 8.16. The largest absolute Gasteiger partial charge is 0.497 e. The summed E-state index contributed by atoms with van der Waals surface area (Å²) < 4.78 is 11.1. The van der Waals surface area contributed by atoms with E-state index >= 15 is 0 Å². The van der Waals surface area contributed by atoms with Gasteiger partial charge in [0.25, 0.3) is 0 Å². The van der Waals surface area contributed by atoms with Crippen LogP contribution in [-0.2, 0) is 0 Å². The van der Waals surface area contributed by atoms with E-state index in [-0.39, 0.29) is 30.1 Å². The molecule has 6 nitrogen and oxygen atoms in total. The van der Waals surface area contributed by atoms with Crippen molar-refractivity contribution in [1.82, 2.24) is 15.5 Å². The summed E-state index contributed by atoms with van der Waals surface area (Å²) in [6.07, 6.45) is 0.00833. The van der Waals surface area contributed by atoms with Gasteiger partial charge in [0, 0.05) is 32.2 Å². The van der Waals surface area contributed by atoms with Crippen LogP contribution in [0.5, 0.6) is 11.5 Å². The van der Waals surface area contributed by atoms with Crippen LogP contribution in [-0.4, -0.2) is 63.8 Å². The molecule has 0 spiro atoms.